The molecule has 0 aromatic heterocycles. The van der Waals surface area contributed by atoms with E-state index in [0.717, 1.165) is 37.2 Å². The fourth-order valence-electron chi connectivity index (χ4n) is 4.32. The van der Waals surface area contributed by atoms with Crippen LogP contribution in [0.25, 0.3) is 0 Å². The van der Waals surface area contributed by atoms with Crippen molar-refractivity contribution in [3.8, 4) is 11.5 Å². The van der Waals surface area contributed by atoms with Gasteiger partial charge in [-0.3, -0.25) is 0 Å². The SMILES string of the molecule is OCCCCCCCCCCCc1cccc2c1OC1(CCCCC1)O2. The number of fused-ring (bicyclic) bond motifs is 1. The number of aliphatic hydroxyl groups is 1. The third-order valence-electron chi connectivity index (χ3n) is 5.86. The zero-order valence-corrected chi connectivity index (χ0v) is 16.3. The summed E-state index contributed by atoms with van der Waals surface area (Å²) < 4.78 is 12.6. The van der Waals surface area contributed by atoms with Gasteiger partial charge in [0.1, 0.15) is 0 Å². The summed E-state index contributed by atoms with van der Waals surface area (Å²) in [6.07, 6.45) is 18.2. The molecule has 1 N–H and O–H groups in total. The molecular weight excluding hydrogens is 324 g/mol. The van der Waals surface area contributed by atoms with Crippen LogP contribution >= 0.6 is 0 Å². The molecule has 0 unspecified atom stereocenters. The molecule has 1 aliphatic heterocycles. The van der Waals surface area contributed by atoms with Crippen LogP contribution in [0.5, 0.6) is 11.5 Å². The maximum atomic E-state index is 8.77. The van der Waals surface area contributed by atoms with Gasteiger partial charge in [-0.25, -0.2) is 0 Å². The third kappa shape index (κ3) is 5.39. The molecule has 1 aromatic carbocycles. The number of unbranched alkanes of at least 4 members (excludes halogenated alkanes) is 8. The monoisotopic (exact) mass is 360 g/mol. The minimum atomic E-state index is -0.354. The fraction of sp³-hybridized carbons (Fsp3) is 0.739. The van der Waals surface area contributed by atoms with Crippen molar-refractivity contribution < 1.29 is 14.6 Å². The summed E-state index contributed by atoms with van der Waals surface area (Å²) in [7, 11) is 0. The summed E-state index contributed by atoms with van der Waals surface area (Å²) in [5, 5.41) is 8.77. The molecule has 26 heavy (non-hydrogen) atoms. The van der Waals surface area contributed by atoms with Gasteiger partial charge in [-0.2, -0.15) is 0 Å². The summed E-state index contributed by atoms with van der Waals surface area (Å²) in [5.41, 5.74) is 1.33. The van der Waals surface area contributed by atoms with Crippen LogP contribution in [0.3, 0.4) is 0 Å². The normalized spacial score (nSPS) is 17.7. The number of aryl methyl sites for hydroxylation is 1. The van der Waals surface area contributed by atoms with Crippen LogP contribution in [0.15, 0.2) is 18.2 Å². The molecule has 2 aliphatic rings. The van der Waals surface area contributed by atoms with Gasteiger partial charge in [-0.1, -0.05) is 63.5 Å². The molecule has 3 rings (SSSR count). The number of hydrogen-bond donors (Lipinski definition) is 1. The first kappa shape index (κ1) is 19.5. The van der Waals surface area contributed by atoms with Crippen molar-refractivity contribution in [1.29, 1.82) is 0 Å². The smallest absolute Gasteiger partial charge is 0.251 e. The van der Waals surface area contributed by atoms with E-state index in [2.05, 4.69) is 18.2 Å². The minimum Gasteiger partial charge on any atom is -0.448 e. The minimum absolute atomic E-state index is 0.346. The Morgan fingerprint density at radius 1 is 0.769 bits per heavy atom. The van der Waals surface area contributed by atoms with E-state index in [4.69, 9.17) is 14.6 Å². The van der Waals surface area contributed by atoms with Gasteiger partial charge in [0.25, 0.3) is 5.79 Å². The highest BCUT2D eigenvalue weighted by Gasteiger charge is 2.43. The van der Waals surface area contributed by atoms with Gasteiger partial charge in [0.2, 0.25) is 0 Å². The van der Waals surface area contributed by atoms with E-state index >= 15 is 0 Å². The van der Waals surface area contributed by atoms with E-state index < -0.39 is 0 Å². The predicted octanol–water partition coefficient (Wildman–Crippen LogP) is 6.16. The Labute approximate surface area is 159 Å². The van der Waals surface area contributed by atoms with Gasteiger partial charge in [0.05, 0.1) is 0 Å². The lowest BCUT2D eigenvalue weighted by molar-refractivity contribution is -0.105. The topological polar surface area (TPSA) is 38.7 Å². The van der Waals surface area contributed by atoms with E-state index in [1.54, 1.807) is 0 Å². The van der Waals surface area contributed by atoms with Gasteiger partial charge in [0.15, 0.2) is 11.5 Å². The van der Waals surface area contributed by atoms with Crippen LogP contribution in [0.4, 0.5) is 0 Å². The number of ether oxygens (including phenoxy) is 2. The molecule has 1 saturated carbocycles. The lowest BCUT2D eigenvalue weighted by atomic mass is 9.94. The lowest BCUT2D eigenvalue weighted by Gasteiger charge is -2.31. The largest absolute Gasteiger partial charge is 0.448 e. The second-order valence-corrected chi connectivity index (χ2v) is 8.08. The van der Waals surface area contributed by atoms with Crippen LogP contribution in [-0.4, -0.2) is 17.5 Å². The highest BCUT2D eigenvalue weighted by Crippen LogP contribution is 2.47. The number of hydrogen-bond acceptors (Lipinski definition) is 3. The van der Waals surface area contributed by atoms with Crippen molar-refractivity contribution >= 4 is 0 Å². The lowest BCUT2D eigenvalue weighted by Crippen LogP contribution is -2.40. The highest BCUT2D eigenvalue weighted by molar-refractivity contribution is 5.49. The highest BCUT2D eigenvalue weighted by atomic mass is 16.7. The average molecular weight is 361 g/mol. The van der Waals surface area contributed by atoms with E-state index in [0.29, 0.717) is 6.61 Å². The van der Waals surface area contributed by atoms with Crippen molar-refractivity contribution in [1.82, 2.24) is 0 Å². The van der Waals surface area contributed by atoms with Crippen LogP contribution in [-0.2, 0) is 6.42 Å². The molecule has 146 valence electrons. The number of rotatable bonds is 11. The molecule has 0 amide bonds. The molecule has 1 aliphatic carbocycles. The first-order valence-electron chi connectivity index (χ1n) is 10.9. The standard InChI is InChI=1S/C23H36O3/c24-19-12-7-5-3-1-2-4-6-9-14-20-15-13-16-21-22(20)26-23(25-21)17-10-8-11-18-23/h13,15-16,24H,1-12,14,17-19H2. The van der Waals surface area contributed by atoms with Crippen LogP contribution in [0.1, 0.15) is 95.5 Å². The molecule has 0 bridgehead atoms. The second-order valence-electron chi connectivity index (χ2n) is 8.08. The Morgan fingerprint density at radius 3 is 2.12 bits per heavy atom. The van der Waals surface area contributed by atoms with Crippen molar-refractivity contribution in [3.05, 3.63) is 23.8 Å². The van der Waals surface area contributed by atoms with E-state index in [9.17, 15) is 0 Å². The molecular formula is C23H36O3. The van der Waals surface area contributed by atoms with Crippen LogP contribution in [0.2, 0.25) is 0 Å². The first-order valence-corrected chi connectivity index (χ1v) is 10.9. The summed E-state index contributed by atoms with van der Waals surface area (Å²) in [4.78, 5) is 0. The van der Waals surface area contributed by atoms with Crippen molar-refractivity contribution in [2.45, 2.75) is 102 Å². The quantitative estimate of drug-likeness (QED) is 0.480. The predicted molar refractivity (Wildman–Crippen MR) is 106 cm³/mol. The molecule has 0 saturated heterocycles. The summed E-state index contributed by atoms with van der Waals surface area (Å²) in [5.74, 6) is 1.64. The molecule has 3 nitrogen and oxygen atoms in total. The Morgan fingerprint density at radius 2 is 1.42 bits per heavy atom. The Hall–Kier alpha value is -1.22. The fourth-order valence-corrected chi connectivity index (χ4v) is 4.32. The van der Waals surface area contributed by atoms with E-state index in [1.165, 1.54) is 76.2 Å². The Kier molecular flexibility index (Phi) is 7.67. The molecule has 0 radical (unpaired) electrons. The van der Waals surface area contributed by atoms with Gasteiger partial charge < -0.3 is 14.6 Å². The van der Waals surface area contributed by atoms with Gasteiger partial charge in [0, 0.05) is 19.4 Å². The third-order valence-corrected chi connectivity index (χ3v) is 5.86. The molecule has 1 fully saturated rings. The van der Waals surface area contributed by atoms with Gasteiger partial charge in [-0.05, 0) is 43.7 Å². The second kappa shape index (κ2) is 10.2. The molecule has 1 spiro atoms. The Balaban J connectivity index is 1.35. The van der Waals surface area contributed by atoms with E-state index in [1.807, 2.05) is 0 Å². The van der Waals surface area contributed by atoms with Crippen LogP contribution in [0, 0.1) is 0 Å². The summed E-state index contributed by atoms with van der Waals surface area (Å²) in [6.45, 7) is 0.346. The molecule has 3 heteroatoms. The zero-order valence-electron chi connectivity index (χ0n) is 16.3. The van der Waals surface area contributed by atoms with Crippen molar-refractivity contribution in [2.75, 3.05) is 6.61 Å². The number of para-hydroxylation sites is 1. The first-order chi connectivity index (χ1) is 12.8. The summed E-state index contributed by atoms with van der Waals surface area (Å²) in [6, 6.07) is 6.40. The maximum Gasteiger partial charge on any atom is 0.251 e. The van der Waals surface area contributed by atoms with Gasteiger partial charge in [-0.15, -0.1) is 0 Å². The average Bonchev–Trinajstić information content (AvgIpc) is 3.02. The van der Waals surface area contributed by atoms with Gasteiger partial charge >= 0.3 is 0 Å². The number of aliphatic hydroxyl groups excluding tert-OH is 1. The molecule has 0 atom stereocenters. The zero-order chi connectivity index (χ0) is 18.1. The number of benzene rings is 1. The molecule has 1 heterocycles. The van der Waals surface area contributed by atoms with E-state index in [-0.39, 0.29) is 5.79 Å². The van der Waals surface area contributed by atoms with Crippen molar-refractivity contribution in [3.63, 3.8) is 0 Å². The van der Waals surface area contributed by atoms with Crippen LogP contribution < -0.4 is 9.47 Å². The molecule has 1 aromatic rings. The maximum absolute atomic E-state index is 8.77. The Bertz CT molecular complexity index is 534. The summed E-state index contributed by atoms with van der Waals surface area (Å²) >= 11 is 0. The van der Waals surface area contributed by atoms with Crippen molar-refractivity contribution in [2.24, 2.45) is 0 Å².